The first-order valence-electron chi connectivity index (χ1n) is 9.14. The van der Waals surface area contributed by atoms with Crippen LogP contribution in [0, 0.1) is 5.82 Å². The molecule has 1 aromatic heterocycles. The Morgan fingerprint density at radius 3 is 2.42 bits per heavy atom. The molecule has 7 heteroatoms. The number of halogens is 1. The van der Waals surface area contributed by atoms with Crippen LogP contribution in [-0.4, -0.2) is 47.2 Å². The molecule has 2 aliphatic rings. The summed E-state index contributed by atoms with van der Waals surface area (Å²) in [7, 11) is 0. The summed E-state index contributed by atoms with van der Waals surface area (Å²) in [5.74, 6) is 0.560. The Morgan fingerprint density at radius 2 is 1.85 bits per heavy atom. The van der Waals surface area contributed by atoms with E-state index in [2.05, 4.69) is 10.2 Å². The summed E-state index contributed by atoms with van der Waals surface area (Å²) in [5.41, 5.74) is -0.131. The molecular formula is C19H23FN4O2. The highest BCUT2D eigenvalue weighted by molar-refractivity contribution is 5.91. The van der Waals surface area contributed by atoms with Gasteiger partial charge in [0.05, 0.1) is 5.41 Å². The Hall–Kier alpha value is -2.44. The van der Waals surface area contributed by atoms with E-state index in [0.717, 1.165) is 0 Å². The second-order valence-electron chi connectivity index (χ2n) is 7.42. The molecule has 1 aliphatic heterocycles. The van der Waals surface area contributed by atoms with Crippen molar-refractivity contribution in [3.05, 3.63) is 41.5 Å². The van der Waals surface area contributed by atoms with E-state index in [1.54, 1.807) is 18.2 Å². The molecule has 0 atom stereocenters. The third-order valence-electron chi connectivity index (χ3n) is 5.31. The maximum atomic E-state index is 14.2. The monoisotopic (exact) mass is 358 g/mol. The highest BCUT2D eigenvalue weighted by Crippen LogP contribution is 2.50. The number of carbonyl (C=O) groups is 1. The van der Waals surface area contributed by atoms with Crippen molar-refractivity contribution in [1.82, 2.24) is 15.1 Å². The van der Waals surface area contributed by atoms with Crippen LogP contribution in [0.25, 0.3) is 0 Å². The smallest absolute Gasteiger partial charge is 0.318 e. The SMILES string of the molecule is CC(C)c1nnc(N2CCN(C(=O)C3(c4ccccc4F)CC3)CC2)o1. The van der Waals surface area contributed by atoms with Gasteiger partial charge in [0.15, 0.2) is 0 Å². The Labute approximate surface area is 152 Å². The van der Waals surface area contributed by atoms with Crippen LogP contribution in [0.2, 0.25) is 0 Å². The largest absolute Gasteiger partial charge is 0.408 e. The molecule has 0 unspecified atom stereocenters. The number of rotatable bonds is 4. The van der Waals surface area contributed by atoms with Crippen molar-refractivity contribution in [2.75, 3.05) is 31.1 Å². The van der Waals surface area contributed by atoms with E-state index in [9.17, 15) is 9.18 Å². The van der Waals surface area contributed by atoms with Crippen LogP contribution in [0.15, 0.2) is 28.7 Å². The predicted molar refractivity (Wildman–Crippen MR) is 94.5 cm³/mol. The van der Waals surface area contributed by atoms with E-state index in [1.807, 2.05) is 23.6 Å². The molecule has 1 amide bonds. The zero-order valence-corrected chi connectivity index (χ0v) is 15.1. The molecule has 1 aliphatic carbocycles. The Morgan fingerprint density at radius 1 is 1.15 bits per heavy atom. The molecule has 138 valence electrons. The molecule has 1 saturated heterocycles. The fraction of sp³-hybridized carbons (Fsp3) is 0.526. The number of piperazine rings is 1. The Balaban J connectivity index is 1.43. The van der Waals surface area contributed by atoms with Crippen LogP contribution >= 0.6 is 0 Å². The normalized spacial score (nSPS) is 19.1. The first kappa shape index (κ1) is 17.0. The molecule has 2 fully saturated rings. The van der Waals surface area contributed by atoms with Gasteiger partial charge in [-0.2, -0.15) is 0 Å². The number of aromatic nitrogens is 2. The zero-order chi connectivity index (χ0) is 18.3. The van der Waals surface area contributed by atoms with Crippen molar-refractivity contribution >= 4 is 11.9 Å². The van der Waals surface area contributed by atoms with Crippen molar-refractivity contribution in [2.24, 2.45) is 0 Å². The van der Waals surface area contributed by atoms with E-state index in [1.165, 1.54) is 6.07 Å². The number of carbonyl (C=O) groups excluding carboxylic acids is 1. The van der Waals surface area contributed by atoms with E-state index < -0.39 is 5.41 Å². The molecule has 26 heavy (non-hydrogen) atoms. The number of anilines is 1. The summed E-state index contributed by atoms with van der Waals surface area (Å²) in [5, 5.41) is 8.17. The van der Waals surface area contributed by atoms with Crippen molar-refractivity contribution in [3.63, 3.8) is 0 Å². The maximum absolute atomic E-state index is 14.2. The van der Waals surface area contributed by atoms with Gasteiger partial charge < -0.3 is 14.2 Å². The molecule has 4 rings (SSSR count). The lowest BCUT2D eigenvalue weighted by Crippen LogP contribution is -2.51. The molecule has 2 heterocycles. The number of nitrogens with zero attached hydrogens (tertiary/aromatic N) is 4. The average molecular weight is 358 g/mol. The van der Waals surface area contributed by atoms with E-state index in [4.69, 9.17) is 4.42 Å². The van der Waals surface area contributed by atoms with E-state index in [-0.39, 0.29) is 17.6 Å². The lowest BCUT2D eigenvalue weighted by Gasteiger charge is -2.35. The van der Waals surface area contributed by atoms with Crippen molar-refractivity contribution in [1.29, 1.82) is 0 Å². The summed E-state index contributed by atoms with van der Waals surface area (Å²) in [6.07, 6.45) is 1.43. The van der Waals surface area contributed by atoms with Gasteiger partial charge >= 0.3 is 6.01 Å². The summed E-state index contributed by atoms with van der Waals surface area (Å²) in [6.45, 7) is 6.44. The van der Waals surface area contributed by atoms with Crippen LogP contribution in [0.5, 0.6) is 0 Å². The van der Waals surface area contributed by atoms with Gasteiger partial charge in [0.2, 0.25) is 11.8 Å². The molecule has 0 N–H and O–H groups in total. The standard InChI is InChI=1S/C19H23FN4O2/c1-13(2)16-21-22-18(26-16)24-11-9-23(10-12-24)17(25)19(7-8-19)14-5-3-4-6-15(14)20/h3-6,13H,7-12H2,1-2H3. The van der Waals surface area contributed by atoms with E-state index in [0.29, 0.717) is 56.5 Å². The van der Waals surface area contributed by atoms with Gasteiger partial charge in [-0.25, -0.2) is 4.39 Å². The van der Waals surface area contributed by atoms with Crippen LogP contribution in [0.1, 0.15) is 44.1 Å². The van der Waals surface area contributed by atoms with Crippen LogP contribution in [0.4, 0.5) is 10.4 Å². The molecule has 0 spiro atoms. The van der Waals surface area contributed by atoms with E-state index >= 15 is 0 Å². The van der Waals surface area contributed by atoms with Gasteiger partial charge in [-0.05, 0) is 18.9 Å². The maximum Gasteiger partial charge on any atom is 0.318 e. The van der Waals surface area contributed by atoms with Gasteiger partial charge in [-0.3, -0.25) is 4.79 Å². The van der Waals surface area contributed by atoms with Gasteiger partial charge in [-0.1, -0.05) is 37.1 Å². The van der Waals surface area contributed by atoms with Gasteiger partial charge in [0.1, 0.15) is 5.82 Å². The van der Waals surface area contributed by atoms with Gasteiger partial charge in [0.25, 0.3) is 0 Å². The van der Waals surface area contributed by atoms with Crippen molar-refractivity contribution in [2.45, 2.75) is 38.0 Å². The average Bonchev–Trinajstić information content (AvgIpc) is 3.29. The quantitative estimate of drug-likeness (QED) is 0.841. The lowest BCUT2D eigenvalue weighted by molar-refractivity contribution is -0.134. The van der Waals surface area contributed by atoms with Crippen LogP contribution < -0.4 is 4.90 Å². The third-order valence-corrected chi connectivity index (χ3v) is 5.31. The van der Waals surface area contributed by atoms with Gasteiger partial charge in [-0.15, -0.1) is 5.10 Å². The first-order valence-corrected chi connectivity index (χ1v) is 9.14. The predicted octanol–water partition coefficient (Wildman–Crippen LogP) is 2.71. The highest BCUT2D eigenvalue weighted by Gasteiger charge is 2.54. The van der Waals surface area contributed by atoms with Crippen molar-refractivity contribution < 1.29 is 13.6 Å². The fourth-order valence-electron chi connectivity index (χ4n) is 3.56. The molecule has 0 radical (unpaired) electrons. The molecule has 0 bridgehead atoms. The Bertz CT molecular complexity index is 807. The molecule has 1 aromatic carbocycles. The number of amides is 1. The molecule has 6 nitrogen and oxygen atoms in total. The first-order chi connectivity index (χ1) is 12.5. The fourth-order valence-corrected chi connectivity index (χ4v) is 3.56. The summed E-state index contributed by atoms with van der Waals surface area (Å²) < 4.78 is 19.9. The number of hydrogen-bond donors (Lipinski definition) is 0. The molecule has 2 aromatic rings. The molecule has 1 saturated carbocycles. The summed E-state index contributed by atoms with van der Waals surface area (Å²) in [6, 6.07) is 7.14. The van der Waals surface area contributed by atoms with Gasteiger partial charge in [0, 0.05) is 37.7 Å². The minimum atomic E-state index is -0.664. The lowest BCUT2D eigenvalue weighted by atomic mass is 9.93. The molecular weight excluding hydrogens is 335 g/mol. The minimum absolute atomic E-state index is 0.0376. The number of benzene rings is 1. The topological polar surface area (TPSA) is 62.5 Å². The van der Waals surface area contributed by atoms with Crippen LogP contribution in [0.3, 0.4) is 0 Å². The highest BCUT2D eigenvalue weighted by atomic mass is 19.1. The van der Waals surface area contributed by atoms with Crippen molar-refractivity contribution in [3.8, 4) is 0 Å². The summed E-state index contributed by atoms with van der Waals surface area (Å²) in [4.78, 5) is 16.9. The zero-order valence-electron chi connectivity index (χ0n) is 15.1. The second kappa shape index (κ2) is 6.37. The second-order valence-corrected chi connectivity index (χ2v) is 7.42. The van der Waals surface area contributed by atoms with Crippen LogP contribution in [-0.2, 0) is 10.2 Å². The third kappa shape index (κ3) is 2.85. The Kier molecular flexibility index (Phi) is 4.17. The number of hydrogen-bond acceptors (Lipinski definition) is 5. The summed E-state index contributed by atoms with van der Waals surface area (Å²) >= 11 is 0. The minimum Gasteiger partial charge on any atom is -0.408 e.